The van der Waals surface area contributed by atoms with Crippen molar-refractivity contribution < 1.29 is 4.79 Å². The summed E-state index contributed by atoms with van der Waals surface area (Å²) in [7, 11) is 0. The van der Waals surface area contributed by atoms with Gasteiger partial charge in [0.05, 0.1) is 6.54 Å². The van der Waals surface area contributed by atoms with Crippen LogP contribution >= 0.6 is 0 Å². The van der Waals surface area contributed by atoms with E-state index in [9.17, 15) is 4.79 Å². The first-order valence-corrected chi connectivity index (χ1v) is 2.60. The molecule has 0 aromatic carbocycles. The summed E-state index contributed by atoms with van der Waals surface area (Å²) in [5, 5.41) is 0. The maximum absolute atomic E-state index is 9.44. The molecule has 0 aliphatic carbocycles. The lowest BCUT2D eigenvalue weighted by molar-refractivity contribution is 0.564. The second kappa shape index (κ2) is 6.12. The predicted molar refractivity (Wildman–Crippen MR) is 32.4 cm³/mol. The fourth-order valence-corrected chi connectivity index (χ4v) is 0.331. The van der Waals surface area contributed by atoms with Gasteiger partial charge in [-0.05, 0) is 6.42 Å². The van der Waals surface area contributed by atoms with Gasteiger partial charge < -0.3 is 0 Å². The molecule has 2 heteroatoms. The van der Waals surface area contributed by atoms with Crippen LogP contribution in [0.5, 0.6) is 0 Å². The van der Waals surface area contributed by atoms with Crippen LogP contribution in [0.3, 0.4) is 0 Å². The zero-order chi connectivity index (χ0) is 6.24. The number of hydrogen-bond donors (Lipinski definition) is 0. The largest absolute Gasteiger partial charge is 0.235 e. The predicted octanol–water partition coefficient (Wildman–Crippen LogP) is 1.29. The van der Waals surface area contributed by atoms with Crippen LogP contribution in [0.4, 0.5) is 0 Å². The molecular formula is C6H9NO. The van der Waals surface area contributed by atoms with Gasteiger partial charge >= 0.3 is 0 Å². The van der Waals surface area contributed by atoms with Gasteiger partial charge in [0.2, 0.25) is 6.08 Å². The van der Waals surface area contributed by atoms with E-state index in [4.69, 9.17) is 0 Å². The molecule has 0 spiro atoms. The van der Waals surface area contributed by atoms with Gasteiger partial charge in [0, 0.05) is 0 Å². The number of aliphatic imine (C=N–C) groups is 1. The van der Waals surface area contributed by atoms with Crippen LogP contribution in [0.25, 0.3) is 0 Å². The number of carbonyl (C=O) groups excluding carboxylic acids is 1. The van der Waals surface area contributed by atoms with E-state index in [1.165, 1.54) is 6.08 Å². The highest BCUT2D eigenvalue weighted by molar-refractivity contribution is 5.33. The Bertz CT molecular complexity index is 112. The monoisotopic (exact) mass is 111 g/mol. The Balaban J connectivity index is 3.15. The minimum absolute atomic E-state index is 0.470. The first kappa shape index (κ1) is 7.12. The Kier molecular flexibility index (Phi) is 5.45. The minimum atomic E-state index is 0.470. The Hall–Kier alpha value is -0.880. The Morgan fingerprint density at radius 1 is 1.62 bits per heavy atom. The minimum Gasteiger partial charge on any atom is -0.211 e. The SMILES string of the molecule is CC/C=C\CN=C=O. The molecule has 0 N–H and O–H groups in total. The highest BCUT2D eigenvalue weighted by Gasteiger charge is 1.66. The summed E-state index contributed by atoms with van der Waals surface area (Å²) in [4.78, 5) is 12.8. The van der Waals surface area contributed by atoms with Gasteiger partial charge in [0.1, 0.15) is 0 Å². The van der Waals surface area contributed by atoms with Crippen molar-refractivity contribution in [3.05, 3.63) is 12.2 Å². The van der Waals surface area contributed by atoms with Gasteiger partial charge in [-0.2, -0.15) is 0 Å². The van der Waals surface area contributed by atoms with Crippen molar-refractivity contribution in [1.29, 1.82) is 0 Å². The quantitative estimate of drug-likeness (QED) is 0.306. The number of isocyanates is 1. The van der Waals surface area contributed by atoms with Gasteiger partial charge in [-0.15, -0.1) is 0 Å². The van der Waals surface area contributed by atoms with Crippen molar-refractivity contribution in [3.63, 3.8) is 0 Å². The molecule has 0 bridgehead atoms. The first-order chi connectivity index (χ1) is 3.91. The molecule has 0 unspecified atom stereocenters. The zero-order valence-corrected chi connectivity index (χ0v) is 4.92. The van der Waals surface area contributed by atoms with Gasteiger partial charge in [-0.25, -0.2) is 9.79 Å². The van der Waals surface area contributed by atoms with Crippen LogP contribution in [0.1, 0.15) is 13.3 Å². The van der Waals surface area contributed by atoms with Gasteiger partial charge in [-0.3, -0.25) is 0 Å². The fourth-order valence-electron chi connectivity index (χ4n) is 0.331. The Labute approximate surface area is 48.9 Å². The van der Waals surface area contributed by atoms with E-state index < -0.39 is 0 Å². The van der Waals surface area contributed by atoms with Gasteiger partial charge in [-0.1, -0.05) is 19.1 Å². The molecule has 0 aromatic rings. The van der Waals surface area contributed by atoms with E-state index >= 15 is 0 Å². The second-order valence-electron chi connectivity index (χ2n) is 1.31. The first-order valence-electron chi connectivity index (χ1n) is 2.60. The molecule has 0 aromatic heterocycles. The third kappa shape index (κ3) is 5.12. The Morgan fingerprint density at radius 2 is 2.38 bits per heavy atom. The van der Waals surface area contributed by atoms with Crippen molar-refractivity contribution in [2.24, 2.45) is 4.99 Å². The Morgan fingerprint density at radius 3 is 2.88 bits per heavy atom. The van der Waals surface area contributed by atoms with Crippen LogP contribution in [-0.4, -0.2) is 12.6 Å². The maximum Gasteiger partial charge on any atom is 0.235 e. The lowest BCUT2D eigenvalue weighted by Crippen LogP contribution is -1.67. The zero-order valence-electron chi connectivity index (χ0n) is 4.92. The average Bonchev–Trinajstić information content (AvgIpc) is 1.81. The van der Waals surface area contributed by atoms with E-state index in [1.807, 2.05) is 19.1 Å². The highest BCUT2D eigenvalue weighted by atomic mass is 16.1. The van der Waals surface area contributed by atoms with Gasteiger partial charge in [0.15, 0.2) is 0 Å². The summed E-state index contributed by atoms with van der Waals surface area (Å²) in [6, 6.07) is 0. The highest BCUT2D eigenvalue weighted by Crippen LogP contribution is 1.78. The van der Waals surface area contributed by atoms with Crippen molar-refractivity contribution >= 4 is 6.08 Å². The molecule has 0 rings (SSSR count). The van der Waals surface area contributed by atoms with Crippen LogP contribution < -0.4 is 0 Å². The molecule has 8 heavy (non-hydrogen) atoms. The summed E-state index contributed by atoms with van der Waals surface area (Å²) in [5.74, 6) is 0. The lowest BCUT2D eigenvalue weighted by atomic mass is 10.4. The number of rotatable bonds is 3. The molecule has 0 aliphatic rings. The standard InChI is InChI=1S/C6H9NO/c1-2-3-4-5-7-6-8/h3-4H,2,5H2,1H3/b4-3-. The van der Waals surface area contributed by atoms with Crippen LogP contribution in [0.15, 0.2) is 17.1 Å². The summed E-state index contributed by atoms with van der Waals surface area (Å²) in [6.07, 6.45) is 6.24. The number of hydrogen-bond acceptors (Lipinski definition) is 2. The summed E-state index contributed by atoms with van der Waals surface area (Å²) < 4.78 is 0. The van der Waals surface area contributed by atoms with E-state index in [0.717, 1.165) is 6.42 Å². The molecular weight excluding hydrogens is 102 g/mol. The van der Waals surface area contributed by atoms with Crippen LogP contribution in [0.2, 0.25) is 0 Å². The summed E-state index contributed by atoms with van der Waals surface area (Å²) >= 11 is 0. The summed E-state index contributed by atoms with van der Waals surface area (Å²) in [5.41, 5.74) is 0. The van der Waals surface area contributed by atoms with E-state index in [2.05, 4.69) is 4.99 Å². The van der Waals surface area contributed by atoms with Crippen molar-refractivity contribution in [1.82, 2.24) is 0 Å². The molecule has 0 saturated heterocycles. The van der Waals surface area contributed by atoms with E-state index in [-0.39, 0.29) is 0 Å². The fraction of sp³-hybridized carbons (Fsp3) is 0.500. The van der Waals surface area contributed by atoms with Crippen molar-refractivity contribution in [3.8, 4) is 0 Å². The molecule has 0 radical (unpaired) electrons. The molecule has 44 valence electrons. The molecule has 0 aliphatic heterocycles. The smallest absolute Gasteiger partial charge is 0.211 e. The third-order valence-electron chi connectivity index (χ3n) is 0.664. The third-order valence-corrected chi connectivity index (χ3v) is 0.664. The van der Waals surface area contributed by atoms with Crippen LogP contribution in [0, 0.1) is 0 Å². The molecule has 0 heterocycles. The number of allylic oxidation sites excluding steroid dienone is 1. The molecule has 0 fully saturated rings. The normalized spacial score (nSPS) is 9.12. The number of nitrogens with zero attached hydrogens (tertiary/aromatic N) is 1. The topological polar surface area (TPSA) is 29.4 Å². The molecule has 0 atom stereocenters. The summed E-state index contributed by atoms with van der Waals surface area (Å²) in [6.45, 7) is 2.50. The van der Waals surface area contributed by atoms with Crippen LogP contribution in [-0.2, 0) is 4.79 Å². The van der Waals surface area contributed by atoms with E-state index in [0.29, 0.717) is 6.54 Å². The molecule has 2 nitrogen and oxygen atoms in total. The lowest BCUT2D eigenvalue weighted by Gasteiger charge is -1.74. The maximum atomic E-state index is 9.44. The molecule has 0 saturated carbocycles. The van der Waals surface area contributed by atoms with Gasteiger partial charge in [0.25, 0.3) is 0 Å². The van der Waals surface area contributed by atoms with Crippen molar-refractivity contribution in [2.45, 2.75) is 13.3 Å². The van der Waals surface area contributed by atoms with Crippen molar-refractivity contribution in [2.75, 3.05) is 6.54 Å². The molecule has 0 amide bonds. The average molecular weight is 111 g/mol. The second-order valence-corrected chi connectivity index (χ2v) is 1.31. The van der Waals surface area contributed by atoms with E-state index in [1.54, 1.807) is 0 Å².